The van der Waals surface area contributed by atoms with Crippen molar-refractivity contribution in [3.05, 3.63) is 70.2 Å². The SMILES string of the molecule is CC(C)(C)S(=O)N[C@@H]1c2ccccc2CC12CCN(c1cnc(Sc3ccnc(Cl)c3Cl)cn1)CC2. The predicted octanol–water partition coefficient (Wildman–Crippen LogP) is 6.27. The number of hydrogen-bond acceptors (Lipinski definition) is 6. The Morgan fingerprint density at radius 3 is 2.53 bits per heavy atom. The zero-order valence-electron chi connectivity index (χ0n) is 20.5. The summed E-state index contributed by atoms with van der Waals surface area (Å²) >= 11 is 13.7. The molecule has 6 nitrogen and oxygen atoms in total. The van der Waals surface area contributed by atoms with Gasteiger partial charge in [0.05, 0.1) is 39.2 Å². The van der Waals surface area contributed by atoms with Gasteiger partial charge in [-0.25, -0.2) is 23.9 Å². The minimum absolute atomic E-state index is 0.0433. The van der Waals surface area contributed by atoms with E-state index in [9.17, 15) is 4.21 Å². The summed E-state index contributed by atoms with van der Waals surface area (Å²) in [6.07, 6.45) is 8.21. The number of aromatic nitrogens is 3. The second-order valence-electron chi connectivity index (χ2n) is 10.4. The number of fused-ring (bicyclic) bond motifs is 1. The minimum atomic E-state index is -1.14. The number of nitrogens with one attached hydrogen (secondary N) is 1. The van der Waals surface area contributed by atoms with Crippen LogP contribution in [0.15, 0.2) is 58.8 Å². The van der Waals surface area contributed by atoms with Crippen LogP contribution in [-0.2, 0) is 17.4 Å². The van der Waals surface area contributed by atoms with Crippen LogP contribution >= 0.6 is 35.0 Å². The maximum absolute atomic E-state index is 13.1. The normalized spacial score (nSPS) is 19.9. The van der Waals surface area contributed by atoms with E-state index in [2.05, 4.69) is 43.9 Å². The van der Waals surface area contributed by atoms with Crippen molar-refractivity contribution < 1.29 is 4.21 Å². The molecule has 1 saturated heterocycles. The number of halogens is 2. The van der Waals surface area contributed by atoms with Crippen molar-refractivity contribution in [1.29, 1.82) is 0 Å². The van der Waals surface area contributed by atoms with E-state index >= 15 is 0 Å². The molecular formula is C26H29Cl2N5OS2. The Bertz CT molecular complexity index is 1270. The molecule has 2 aliphatic rings. The summed E-state index contributed by atoms with van der Waals surface area (Å²) in [6.45, 7) is 7.81. The first kappa shape index (κ1) is 25.9. The number of benzene rings is 1. The second-order valence-corrected chi connectivity index (χ2v) is 14.2. The lowest BCUT2D eigenvalue weighted by Gasteiger charge is -2.44. The van der Waals surface area contributed by atoms with Crippen molar-refractivity contribution >= 4 is 51.8 Å². The first-order valence-electron chi connectivity index (χ1n) is 12.0. The number of rotatable bonds is 5. The summed E-state index contributed by atoms with van der Waals surface area (Å²) in [5.74, 6) is 0.867. The van der Waals surface area contributed by atoms with Crippen LogP contribution in [0.25, 0.3) is 0 Å². The highest BCUT2D eigenvalue weighted by atomic mass is 35.5. The number of piperidine rings is 1. The Morgan fingerprint density at radius 2 is 1.83 bits per heavy atom. The topological polar surface area (TPSA) is 71.0 Å². The third-order valence-electron chi connectivity index (χ3n) is 7.03. The zero-order valence-corrected chi connectivity index (χ0v) is 23.6. The molecule has 3 heterocycles. The summed E-state index contributed by atoms with van der Waals surface area (Å²) in [5.41, 5.74) is 2.70. The fourth-order valence-corrected chi connectivity index (χ4v) is 7.16. The molecule has 1 aliphatic carbocycles. The first-order valence-corrected chi connectivity index (χ1v) is 14.7. The molecule has 1 aromatic carbocycles. The van der Waals surface area contributed by atoms with Crippen molar-refractivity contribution in [3.63, 3.8) is 0 Å². The molecule has 10 heteroatoms. The molecule has 2 atom stereocenters. The third kappa shape index (κ3) is 5.16. The summed E-state index contributed by atoms with van der Waals surface area (Å²) < 4.78 is 16.3. The Morgan fingerprint density at radius 1 is 1.08 bits per heavy atom. The predicted molar refractivity (Wildman–Crippen MR) is 148 cm³/mol. The fraction of sp³-hybridized carbons (Fsp3) is 0.423. The summed E-state index contributed by atoms with van der Waals surface area (Å²) in [4.78, 5) is 16.4. The van der Waals surface area contributed by atoms with Crippen LogP contribution < -0.4 is 9.62 Å². The Balaban J connectivity index is 1.29. The van der Waals surface area contributed by atoms with Crippen molar-refractivity contribution in [2.75, 3.05) is 18.0 Å². The molecular weight excluding hydrogens is 533 g/mol. The molecule has 0 bridgehead atoms. The lowest BCUT2D eigenvalue weighted by molar-refractivity contribution is 0.177. The monoisotopic (exact) mass is 561 g/mol. The van der Waals surface area contributed by atoms with Gasteiger partial charge in [-0.3, -0.25) is 0 Å². The van der Waals surface area contributed by atoms with Crippen LogP contribution in [0.4, 0.5) is 5.82 Å². The van der Waals surface area contributed by atoms with Gasteiger partial charge in [0, 0.05) is 24.2 Å². The van der Waals surface area contributed by atoms with E-state index in [0.29, 0.717) is 5.02 Å². The molecule has 0 radical (unpaired) electrons. The largest absolute Gasteiger partial charge is 0.355 e. The van der Waals surface area contributed by atoms with E-state index in [-0.39, 0.29) is 21.4 Å². The van der Waals surface area contributed by atoms with Crippen molar-refractivity contribution in [2.24, 2.45) is 5.41 Å². The van der Waals surface area contributed by atoms with Crippen LogP contribution in [-0.4, -0.2) is 37.0 Å². The maximum atomic E-state index is 13.1. The molecule has 1 spiro atoms. The molecule has 5 rings (SSSR count). The van der Waals surface area contributed by atoms with Gasteiger partial charge in [0.2, 0.25) is 0 Å². The molecule has 1 N–H and O–H groups in total. The van der Waals surface area contributed by atoms with E-state index in [4.69, 9.17) is 28.2 Å². The molecule has 1 aliphatic heterocycles. The lowest BCUT2D eigenvalue weighted by Crippen LogP contribution is -2.48. The van der Waals surface area contributed by atoms with Crippen molar-refractivity contribution in [3.8, 4) is 0 Å². The third-order valence-corrected chi connectivity index (χ3v) is 10.4. The maximum Gasteiger partial charge on any atom is 0.148 e. The molecule has 1 fully saturated rings. The molecule has 36 heavy (non-hydrogen) atoms. The van der Waals surface area contributed by atoms with Crippen LogP contribution in [0.5, 0.6) is 0 Å². The highest BCUT2D eigenvalue weighted by Crippen LogP contribution is 2.52. The van der Waals surface area contributed by atoms with Gasteiger partial charge in [0.25, 0.3) is 0 Å². The van der Waals surface area contributed by atoms with Gasteiger partial charge in [-0.2, -0.15) is 0 Å². The molecule has 1 unspecified atom stereocenters. The van der Waals surface area contributed by atoms with Crippen LogP contribution in [0.1, 0.15) is 50.8 Å². The fourth-order valence-electron chi connectivity index (χ4n) is 5.03. The molecule has 0 amide bonds. The number of nitrogens with zero attached hydrogens (tertiary/aromatic N) is 4. The Kier molecular flexibility index (Phi) is 7.36. The van der Waals surface area contributed by atoms with Gasteiger partial charge >= 0.3 is 0 Å². The first-order chi connectivity index (χ1) is 17.2. The highest BCUT2D eigenvalue weighted by molar-refractivity contribution is 7.99. The van der Waals surface area contributed by atoms with Gasteiger partial charge in [-0.1, -0.05) is 59.2 Å². The Hall–Kier alpha value is -1.71. The van der Waals surface area contributed by atoms with E-state index < -0.39 is 11.0 Å². The van der Waals surface area contributed by atoms with Crippen molar-refractivity contribution in [1.82, 2.24) is 19.7 Å². The average Bonchev–Trinajstić information content (AvgIpc) is 3.15. The van der Waals surface area contributed by atoms with Gasteiger partial charge in [0.1, 0.15) is 16.0 Å². The molecule has 2 aromatic heterocycles. The summed E-state index contributed by atoms with van der Waals surface area (Å²) in [6, 6.07) is 10.5. The van der Waals surface area contributed by atoms with Gasteiger partial charge in [0.15, 0.2) is 0 Å². The molecule has 3 aromatic rings. The van der Waals surface area contributed by atoms with Gasteiger partial charge in [-0.15, -0.1) is 0 Å². The number of anilines is 1. The van der Waals surface area contributed by atoms with E-state index in [0.717, 1.165) is 48.1 Å². The quantitative estimate of drug-likeness (QED) is 0.370. The van der Waals surface area contributed by atoms with Crippen LogP contribution in [0.2, 0.25) is 10.2 Å². The average molecular weight is 563 g/mol. The van der Waals surface area contributed by atoms with E-state index in [1.807, 2.05) is 33.0 Å². The summed E-state index contributed by atoms with van der Waals surface area (Å²) in [5, 5.41) is 1.45. The van der Waals surface area contributed by atoms with Crippen LogP contribution in [0.3, 0.4) is 0 Å². The van der Waals surface area contributed by atoms with E-state index in [1.165, 1.54) is 22.9 Å². The number of hydrogen-bond donors (Lipinski definition) is 1. The van der Waals surface area contributed by atoms with Gasteiger partial charge < -0.3 is 4.90 Å². The standard InChI is InChI=1S/C26H29Cl2N5OS2/c1-25(2,3)36(34)32-23-18-7-5-4-6-17(18)14-26(23)9-12-33(13-10-26)20-15-31-21(16-30-20)35-19-8-11-29-24(28)22(19)27/h4-8,11,15-16,23,32H,9-10,12-14H2,1-3H3/t23-,36?/m1/s1. The minimum Gasteiger partial charge on any atom is -0.355 e. The highest BCUT2D eigenvalue weighted by Gasteiger charge is 2.48. The van der Waals surface area contributed by atoms with Crippen molar-refractivity contribution in [2.45, 2.75) is 60.7 Å². The Labute approximate surface area is 229 Å². The molecule has 190 valence electrons. The summed E-state index contributed by atoms with van der Waals surface area (Å²) in [7, 11) is -1.14. The lowest BCUT2D eigenvalue weighted by atomic mass is 9.73. The smallest absolute Gasteiger partial charge is 0.148 e. The second kappa shape index (κ2) is 10.2. The molecule has 0 saturated carbocycles. The number of pyridine rings is 1. The van der Waals surface area contributed by atoms with Gasteiger partial charge in [-0.05, 0) is 62.6 Å². The zero-order chi connectivity index (χ0) is 25.5. The van der Waals surface area contributed by atoms with Crippen LogP contribution in [0, 0.1) is 5.41 Å². The van der Waals surface area contributed by atoms with E-state index in [1.54, 1.807) is 12.4 Å².